The summed E-state index contributed by atoms with van der Waals surface area (Å²) in [6.07, 6.45) is -11.5. The molecular formula is C21H26Cl3NO13. The van der Waals surface area contributed by atoms with Crippen LogP contribution in [0.4, 0.5) is 0 Å². The standard InChI is InChI=1S/C21H26Cl3NO13/c1-5-10(15-13(29)14(30)18(31)38-15)36-19-12(25-20(32)21(22,23)24)17(35-9(4)28)16(34-8(3)27)11(37-19)6-33-7(2)26/h5,10-17,19,29-30H,1,6H2,2-4H3,(H,25,32)/t10-,11+,12+,13-,14-,15+,16+,17+,19+/m0/s1. The van der Waals surface area contributed by atoms with Crippen LogP contribution < -0.4 is 5.32 Å². The first-order chi connectivity index (χ1) is 17.6. The number of esters is 4. The van der Waals surface area contributed by atoms with Crippen LogP contribution in [0.15, 0.2) is 12.7 Å². The van der Waals surface area contributed by atoms with E-state index in [0.29, 0.717) is 0 Å². The van der Waals surface area contributed by atoms with Gasteiger partial charge < -0.3 is 44.0 Å². The molecule has 2 aliphatic rings. The maximum absolute atomic E-state index is 12.6. The van der Waals surface area contributed by atoms with E-state index in [0.717, 1.165) is 26.8 Å². The molecule has 1 amide bonds. The summed E-state index contributed by atoms with van der Waals surface area (Å²) in [7, 11) is 0. The Bertz CT molecular complexity index is 942. The topological polar surface area (TPSA) is 193 Å². The number of halogens is 3. The number of aliphatic hydroxyl groups is 2. The van der Waals surface area contributed by atoms with Gasteiger partial charge in [-0.25, -0.2) is 4.79 Å². The highest BCUT2D eigenvalue weighted by molar-refractivity contribution is 6.76. The van der Waals surface area contributed by atoms with Crippen molar-refractivity contribution in [3.05, 3.63) is 12.7 Å². The van der Waals surface area contributed by atoms with Gasteiger partial charge in [0.15, 0.2) is 30.7 Å². The summed E-state index contributed by atoms with van der Waals surface area (Å²) < 4.78 is 29.7. The van der Waals surface area contributed by atoms with Crippen LogP contribution in [0.1, 0.15) is 20.8 Å². The van der Waals surface area contributed by atoms with Gasteiger partial charge in [-0.05, 0) is 0 Å². The lowest BCUT2D eigenvalue weighted by atomic mass is 9.95. The number of aliphatic hydroxyl groups excluding tert-OH is 2. The van der Waals surface area contributed by atoms with Gasteiger partial charge in [-0.1, -0.05) is 40.9 Å². The van der Waals surface area contributed by atoms with Crippen molar-refractivity contribution < 1.29 is 62.6 Å². The summed E-state index contributed by atoms with van der Waals surface area (Å²) in [6, 6.07) is -1.57. The molecule has 0 radical (unpaired) electrons. The van der Waals surface area contributed by atoms with Crippen molar-refractivity contribution >= 4 is 64.6 Å². The predicted molar refractivity (Wildman–Crippen MR) is 126 cm³/mol. The molecule has 2 saturated heterocycles. The zero-order valence-corrected chi connectivity index (χ0v) is 22.5. The number of hydrogen-bond acceptors (Lipinski definition) is 13. The Kier molecular flexibility index (Phi) is 11.2. The van der Waals surface area contributed by atoms with Gasteiger partial charge in [0.1, 0.15) is 31.0 Å². The van der Waals surface area contributed by atoms with E-state index < -0.39 is 95.2 Å². The van der Waals surface area contributed by atoms with E-state index in [4.69, 9.17) is 63.2 Å². The Morgan fingerprint density at radius 2 is 1.66 bits per heavy atom. The number of carbonyl (C=O) groups excluding carboxylic acids is 5. The molecule has 2 aliphatic heterocycles. The summed E-state index contributed by atoms with van der Waals surface area (Å²) >= 11 is 17.0. The van der Waals surface area contributed by atoms with Crippen molar-refractivity contribution in [3.63, 3.8) is 0 Å². The highest BCUT2D eigenvalue weighted by Crippen LogP contribution is 2.33. The first-order valence-electron chi connectivity index (χ1n) is 10.9. The normalized spacial score (nSPS) is 31.9. The van der Waals surface area contributed by atoms with Crippen LogP contribution >= 0.6 is 34.8 Å². The molecule has 3 N–H and O–H groups in total. The summed E-state index contributed by atoms with van der Waals surface area (Å²) in [5, 5.41) is 22.3. The van der Waals surface area contributed by atoms with E-state index >= 15 is 0 Å². The number of alkyl halides is 3. The summed E-state index contributed by atoms with van der Waals surface area (Å²) in [4.78, 5) is 59.7. The second kappa shape index (κ2) is 13.2. The van der Waals surface area contributed by atoms with Gasteiger partial charge in [0, 0.05) is 20.8 Å². The third kappa shape index (κ3) is 8.15. The molecule has 214 valence electrons. The molecule has 2 fully saturated rings. The zero-order valence-electron chi connectivity index (χ0n) is 20.2. The third-order valence-electron chi connectivity index (χ3n) is 5.26. The molecule has 0 bridgehead atoms. The number of hydrogen-bond donors (Lipinski definition) is 3. The highest BCUT2D eigenvalue weighted by atomic mass is 35.6. The molecule has 14 nitrogen and oxygen atoms in total. The Balaban J connectivity index is 2.53. The molecule has 0 aromatic carbocycles. The number of ether oxygens (including phenoxy) is 6. The Morgan fingerprint density at radius 3 is 2.11 bits per heavy atom. The number of carbonyl (C=O) groups is 5. The maximum atomic E-state index is 12.6. The Labute approximate surface area is 231 Å². The molecule has 0 aromatic rings. The lowest BCUT2D eigenvalue weighted by Crippen LogP contribution is -2.68. The van der Waals surface area contributed by atoms with E-state index in [2.05, 4.69) is 11.9 Å². The first-order valence-corrected chi connectivity index (χ1v) is 12.1. The number of amides is 1. The van der Waals surface area contributed by atoms with Gasteiger partial charge >= 0.3 is 23.9 Å². The molecule has 0 aromatic heterocycles. The minimum atomic E-state index is -2.52. The second-order valence-electron chi connectivity index (χ2n) is 8.16. The van der Waals surface area contributed by atoms with Crippen molar-refractivity contribution in [2.24, 2.45) is 0 Å². The molecule has 38 heavy (non-hydrogen) atoms. The predicted octanol–water partition coefficient (Wildman–Crippen LogP) is -0.789. The molecule has 2 heterocycles. The van der Waals surface area contributed by atoms with Crippen LogP contribution in [0.25, 0.3) is 0 Å². The molecule has 2 rings (SSSR count). The van der Waals surface area contributed by atoms with Crippen molar-refractivity contribution in [2.75, 3.05) is 6.61 Å². The van der Waals surface area contributed by atoms with Crippen molar-refractivity contribution in [3.8, 4) is 0 Å². The third-order valence-corrected chi connectivity index (χ3v) is 5.77. The van der Waals surface area contributed by atoms with E-state index in [-0.39, 0.29) is 0 Å². The highest BCUT2D eigenvalue weighted by Gasteiger charge is 2.54. The Hall–Kier alpha value is -2.20. The Morgan fingerprint density at radius 1 is 1.08 bits per heavy atom. The van der Waals surface area contributed by atoms with Crippen LogP contribution in [0.2, 0.25) is 0 Å². The SMILES string of the molecule is C=C[C@H](O[C@@H]1O[C@H](COC(C)=O)[C@@H](OC(C)=O)[C@H](OC(C)=O)[C@H]1NC(=O)C(Cl)(Cl)Cl)[C@H]1OC(=O)[C@@H](O)[C@@H]1O. The van der Waals surface area contributed by atoms with Crippen molar-refractivity contribution in [1.29, 1.82) is 0 Å². The quantitative estimate of drug-likeness (QED) is 0.128. The number of nitrogens with one attached hydrogen (secondary N) is 1. The van der Waals surface area contributed by atoms with E-state index in [1.807, 2.05) is 0 Å². The molecule has 0 aliphatic carbocycles. The average Bonchev–Trinajstić information content (AvgIpc) is 3.05. The van der Waals surface area contributed by atoms with Gasteiger partial charge in [0.25, 0.3) is 9.70 Å². The van der Waals surface area contributed by atoms with Crippen molar-refractivity contribution in [2.45, 2.75) is 79.6 Å². The zero-order chi connectivity index (χ0) is 28.9. The number of rotatable bonds is 9. The molecule has 0 unspecified atom stereocenters. The second-order valence-corrected chi connectivity index (χ2v) is 10.4. The van der Waals surface area contributed by atoms with E-state index in [1.165, 1.54) is 0 Å². The van der Waals surface area contributed by atoms with Crippen LogP contribution in [0, 0.1) is 0 Å². The van der Waals surface area contributed by atoms with Gasteiger partial charge in [-0.2, -0.15) is 0 Å². The molecule has 17 heteroatoms. The van der Waals surface area contributed by atoms with Gasteiger partial charge in [0.05, 0.1) is 0 Å². The smallest absolute Gasteiger partial charge is 0.338 e. The molecule has 9 atom stereocenters. The van der Waals surface area contributed by atoms with Gasteiger partial charge in [0.2, 0.25) is 0 Å². The molecule has 0 saturated carbocycles. The van der Waals surface area contributed by atoms with Crippen molar-refractivity contribution in [1.82, 2.24) is 5.32 Å². The molecular weight excluding hydrogens is 581 g/mol. The number of cyclic esters (lactones) is 1. The van der Waals surface area contributed by atoms with Crippen LogP contribution in [-0.4, -0.2) is 105 Å². The maximum Gasteiger partial charge on any atom is 0.338 e. The monoisotopic (exact) mass is 605 g/mol. The minimum Gasteiger partial charge on any atom is -0.463 e. The summed E-state index contributed by atoms with van der Waals surface area (Å²) in [5.41, 5.74) is 0. The lowest BCUT2D eigenvalue weighted by molar-refractivity contribution is -0.290. The van der Waals surface area contributed by atoms with Gasteiger partial charge in [-0.3, -0.25) is 19.2 Å². The largest absolute Gasteiger partial charge is 0.463 e. The van der Waals surface area contributed by atoms with E-state index in [9.17, 15) is 34.2 Å². The fourth-order valence-electron chi connectivity index (χ4n) is 3.68. The lowest BCUT2D eigenvalue weighted by Gasteiger charge is -2.46. The van der Waals surface area contributed by atoms with E-state index in [1.54, 1.807) is 0 Å². The molecule has 0 spiro atoms. The van der Waals surface area contributed by atoms with Crippen LogP contribution in [0.5, 0.6) is 0 Å². The average molecular weight is 607 g/mol. The van der Waals surface area contributed by atoms with Crippen LogP contribution in [-0.2, 0) is 52.4 Å². The van der Waals surface area contributed by atoms with Gasteiger partial charge in [-0.15, -0.1) is 6.58 Å². The summed E-state index contributed by atoms with van der Waals surface area (Å²) in [5.74, 6) is -4.84. The fourth-order valence-corrected chi connectivity index (χ4v) is 3.85. The fraction of sp³-hybridized carbons (Fsp3) is 0.667. The first kappa shape index (κ1) is 32.0. The minimum absolute atomic E-state index is 0.533. The summed E-state index contributed by atoms with van der Waals surface area (Å²) in [6.45, 7) is 6.17. The van der Waals surface area contributed by atoms with Crippen LogP contribution in [0.3, 0.4) is 0 Å².